The Hall–Kier alpha value is -1.48. The highest BCUT2D eigenvalue weighted by Crippen LogP contribution is 2.33. The number of hydrogen-bond acceptors (Lipinski definition) is 4. The van der Waals surface area contributed by atoms with Crippen LogP contribution in [-0.2, 0) is 10.2 Å². The molecule has 0 aliphatic carbocycles. The van der Waals surface area contributed by atoms with Gasteiger partial charge in [-0.15, -0.1) is 11.3 Å². The zero-order chi connectivity index (χ0) is 18.5. The number of carbonyl (C=O) groups excluding carboxylic acids is 1. The number of amides is 1. The van der Waals surface area contributed by atoms with Gasteiger partial charge in [-0.1, -0.05) is 18.2 Å². The van der Waals surface area contributed by atoms with E-state index in [4.69, 9.17) is 0 Å². The highest BCUT2D eigenvalue weighted by Gasteiger charge is 2.41. The van der Waals surface area contributed by atoms with Gasteiger partial charge in [0.2, 0.25) is 0 Å². The number of rotatable bonds is 3. The van der Waals surface area contributed by atoms with Crippen LogP contribution in [0.4, 0.5) is 0 Å². The van der Waals surface area contributed by atoms with E-state index >= 15 is 0 Å². The van der Waals surface area contributed by atoms with Crippen molar-refractivity contribution in [3.8, 4) is 0 Å². The van der Waals surface area contributed by atoms with Crippen LogP contribution >= 0.6 is 11.3 Å². The molecule has 0 N–H and O–H groups in total. The lowest BCUT2D eigenvalue weighted by molar-refractivity contribution is 0.0593. The molecule has 0 saturated carbocycles. The van der Waals surface area contributed by atoms with Crippen LogP contribution in [0, 0.1) is 5.92 Å². The van der Waals surface area contributed by atoms with Gasteiger partial charge in [0.15, 0.2) is 0 Å². The molecular weight excluding hydrogens is 370 g/mol. The van der Waals surface area contributed by atoms with Crippen LogP contribution in [0.2, 0.25) is 0 Å². The highest BCUT2D eigenvalue weighted by molar-refractivity contribution is 7.86. The van der Waals surface area contributed by atoms with E-state index in [0.29, 0.717) is 19.6 Å². The van der Waals surface area contributed by atoms with Crippen molar-refractivity contribution in [2.24, 2.45) is 5.92 Å². The minimum Gasteiger partial charge on any atom is -0.333 e. The molecule has 1 aromatic heterocycles. The standard InChI is InChI=1S/C18H23N3O3S2/c1-19(2)26(23,24)20-10-13-7-8-15(12-20)21(11-13)18(22)17-9-14-5-3-4-6-16(14)25-17/h3-6,9,13,15H,7-8,10-12H2,1-2H3/t13-,15+/m1/s1. The van der Waals surface area contributed by atoms with E-state index < -0.39 is 10.2 Å². The Morgan fingerprint density at radius 2 is 1.92 bits per heavy atom. The molecule has 0 radical (unpaired) electrons. The SMILES string of the molecule is CN(C)S(=O)(=O)N1C[C@H]2CC[C@@H](C1)N(C(=O)c1cc3ccccc3s1)C2. The Morgan fingerprint density at radius 3 is 2.65 bits per heavy atom. The number of nitrogens with zero attached hydrogens (tertiary/aromatic N) is 3. The summed E-state index contributed by atoms with van der Waals surface area (Å²) in [4.78, 5) is 15.8. The zero-order valence-corrected chi connectivity index (χ0v) is 16.6. The van der Waals surface area contributed by atoms with Gasteiger partial charge < -0.3 is 4.90 Å². The van der Waals surface area contributed by atoms with Crippen molar-refractivity contribution < 1.29 is 13.2 Å². The van der Waals surface area contributed by atoms with Gasteiger partial charge in [0.1, 0.15) is 0 Å². The second-order valence-electron chi connectivity index (χ2n) is 7.31. The second-order valence-corrected chi connectivity index (χ2v) is 10.5. The number of thiophene rings is 1. The Balaban J connectivity index is 1.61. The first-order valence-corrected chi connectivity index (χ1v) is 11.0. The number of piperidine rings is 1. The van der Waals surface area contributed by atoms with Gasteiger partial charge in [0.25, 0.3) is 16.1 Å². The minimum absolute atomic E-state index is 0.0324. The second kappa shape index (κ2) is 6.60. The molecule has 26 heavy (non-hydrogen) atoms. The fourth-order valence-corrected chi connectivity index (χ4v) is 6.18. The third-order valence-corrected chi connectivity index (χ3v) is 8.34. The molecule has 2 aromatic rings. The molecule has 2 bridgehead atoms. The fourth-order valence-electron chi connectivity index (χ4n) is 3.94. The molecule has 6 nitrogen and oxygen atoms in total. The third-order valence-electron chi connectivity index (χ3n) is 5.36. The molecule has 2 atom stereocenters. The molecule has 3 saturated heterocycles. The highest BCUT2D eigenvalue weighted by atomic mass is 32.2. The summed E-state index contributed by atoms with van der Waals surface area (Å²) in [6.45, 7) is 1.51. The van der Waals surface area contributed by atoms with Crippen molar-refractivity contribution in [2.75, 3.05) is 33.7 Å². The van der Waals surface area contributed by atoms with Crippen LogP contribution in [0.25, 0.3) is 10.1 Å². The number of hydrogen-bond donors (Lipinski definition) is 0. The average molecular weight is 394 g/mol. The topological polar surface area (TPSA) is 60.9 Å². The largest absolute Gasteiger partial charge is 0.333 e. The summed E-state index contributed by atoms with van der Waals surface area (Å²) in [7, 11) is -0.337. The molecule has 0 spiro atoms. The predicted molar refractivity (Wildman–Crippen MR) is 104 cm³/mol. The molecule has 1 aromatic carbocycles. The van der Waals surface area contributed by atoms with Gasteiger partial charge in [0, 0.05) is 44.5 Å². The van der Waals surface area contributed by atoms with E-state index in [2.05, 4.69) is 0 Å². The summed E-state index contributed by atoms with van der Waals surface area (Å²) in [6.07, 6.45) is 1.83. The minimum atomic E-state index is -3.45. The number of carbonyl (C=O) groups is 1. The van der Waals surface area contributed by atoms with Gasteiger partial charge in [-0.25, -0.2) is 0 Å². The zero-order valence-electron chi connectivity index (χ0n) is 15.0. The first kappa shape index (κ1) is 17.9. The maximum Gasteiger partial charge on any atom is 0.281 e. The molecule has 0 unspecified atom stereocenters. The van der Waals surface area contributed by atoms with Crippen molar-refractivity contribution in [1.82, 2.24) is 13.5 Å². The molecule has 1 amide bonds. The lowest BCUT2D eigenvalue weighted by Crippen LogP contribution is -2.48. The summed E-state index contributed by atoms with van der Waals surface area (Å²) in [5.41, 5.74) is 0. The van der Waals surface area contributed by atoms with E-state index in [-0.39, 0.29) is 17.9 Å². The molecule has 3 fully saturated rings. The van der Waals surface area contributed by atoms with Crippen LogP contribution in [0.5, 0.6) is 0 Å². The molecular formula is C18H23N3O3S2. The van der Waals surface area contributed by atoms with Crippen molar-refractivity contribution in [3.05, 3.63) is 35.2 Å². The van der Waals surface area contributed by atoms with E-state index in [0.717, 1.165) is 27.8 Å². The van der Waals surface area contributed by atoms with Gasteiger partial charge in [0.05, 0.1) is 4.88 Å². The van der Waals surface area contributed by atoms with Gasteiger partial charge >= 0.3 is 0 Å². The third kappa shape index (κ3) is 3.05. The van der Waals surface area contributed by atoms with Gasteiger partial charge in [-0.05, 0) is 36.3 Å². The monoisotopic (exact) mass is 393 g/mol. The van der Waals surface area contributed by atoms with Crippen LogP contribution < -0.4 is 0 Å². The van der Waals surface area contributed by atoms with Gasteiger partial charge in [-0.2, -0.15) is 17.0 Å². The van der Waals surface area contributed by atoms with E-state index in [1.165, 1.54) is 15.6 Å². The number of fused-ring (bicyclic) bond motifs is 5. The summed E-state index contributed by atoms with van der Waals surface area (Å²) in [5, 5.41) is 1.08. The summed E-state index contributed by atoms with van der Waals surface area (Å²) < 4.78 is 29.1. The maximum absolute atomic E-state index is 13.2. The maximum atomic E-state index is 13.2. The van der Waals surface area contributed by atoms with Gasteiger partial charge in [-0.3, -0.25) is 4.79 Å². The Kier molecular flexibility index (Phi) is 4.54. The first-order valence-electron chi connectivity index (χ1n) is 8.83. The molecule has 4 heterocycles. The Labute approximate surface area is 158 Å². The van der Waals surface area contributed by atoms with Crippen molar-refractivity contribution >= 4 is 37.5 Å². The van der Waals surface area contributed by atoms with E-state index in [1.54, 1.807) is 18.4 Å². The summed E-state index contributed by atoms with van der Waals surface area (Å²) >= 11 is 1.51. The van der Waals surface area contributed by atoms with Crippen LogP contribution in [-0.4, -0.2) is 67.6 Å². The van der Waals surface area contributed by atoms with Crippen molar-refractivity contribution in [2.45, 2.75) is 18.9 Å². The first-order chi connectivity index (χ1) is 12.4. The predicted octanol–water partition coefficient (Wildman–Crippen LogP) is 2.24. The normalized spacial score (nSPS) is 24.3. The molecule has 5 rings (SSSR count). The number of benzene rings is 1. The van der Waals surface area contributed by atoms with Crippen molar-refractivity contribution in [3.63, 3.8) is 0 Å². The van der Waals surface area contributed by atoms with E-state index in [1.807, 2.05) is 35.2 Å². The molecule has 3 aliphatic rings. The lowest BCUT2D eigenvalue weighted by Gasteiger charge is -2.35. The Morgan fingerprint density at radius 1 is 1.15 bits per heavy atom. The molecule has 8 heteroatoms. The van der Waals surface area contributed by atoms with Crippen molar-refractivity contribution in [1.29, 1.82) is 0 Å². The van der Waals surface area contributed by atoms with Crippen LogP contribution in [0.15, 0.2) is 30.3 Å². The van der Waals surface area contributed by atoms with E-state index in [9.17, 15) is 13.2 Å². The summed E-state index contributed by atoms with van der Waals surface area (Å²) in [5.74, 6) is 0.229. The Bertz CT molecular complexity index is 905. The molecule has 140 valence electrons. The smallest absolute Gasteiger partial charge is 0.281 e. The van der Waals surface area contributed by atoms with Crippen LogP contribution in [0.1, 0.15) is 22.5 Å². The quantitative estimate of drug-likeness (QED) is 0.804. The fraction of sp³-hybridized carbons (Fsp3) is 0.500. The van der Waals surface area contributed by atoms with Crippen LogP contribution in [0.3, 0.4) is 0 Å². The lowest BCUT2D eigenvalue weighted by atomic mass is 9.95. The average Bonchev–Trinajstić information content (AvgIpc) is 2.82. The summed E-state index contributed by atoms with van der Waals surface area (Å²) in [6, 6.07) is 9.89. The molecule has 3 aliphatic heterocycles.